The topological polar surface area (TPSA) is 32.3 Å². The summed E-state index contributed by atoms with van der Waals surface area (Å²) < 4.78 is 1.02. The first-order valence-electron chi connectivity index (χ1n) is 5.38. The molecule has 0 saturated carbocycles. The lowest BCUT2D eigenvalue weighted by molar-refractivity contribution is 0.195. The molecule has 0 aliphatic rings. The Balaban J connectivity index is 2.00. The lowest BCUT2D eigenvalue weighted by atomic mass is 10.2. The van der Waals surface area contributed by atoms with Gasteiger partial charge in [-0.25, -0.2) is 0 Å². The van der Waals surface area contributed by atoms with Gasteiger partial charge in [0.05, 0.1) is 0 Å². The van der Waals surface area contributed by atoms with Gasteiger partial charge >= 0.3 is 0 Å². The molecule has 90 valence electrons. The Bertz CT molecular complexity index is 484. The van der Waals surface area contributed by atoms with Crippen LogP contribution in [0.1, 0.15) is 16.5 Å². The van der Waals surface area contributed by atoms with Crippen LogP contribution in [0.25, 0.3) is 0 Å². The van der Waals surface area contributed by atoms with E-state index in [0.717, 1.165) is 15.0 Å². The van der Waals surface area contributed by atoms with Crippen molar-refractivity contribution in [3.05, 3.63) is 50.6 Å². The Labute approximate surface area is 113 Å². The molecule has 2 rings (SSSR count). The molecule has 2 nitrogen and oxygen atoms in total. The SMILES string of the molecule is Cc1ccc(Br)c(NCC(O)c2cccs2)c1. The molecule has 0 fully saturated rings. The average molecular weight is 312 g/mol. The number of aliphatic hydroxyl groups is 1. The van der Waals surface area contributed by atoms with E-state index in [0.29, 0.717) is 6.54 Å². The number of aliphatic hydroxyl groups excluding tert-OH is 1. The second-order valence-electron chi connectivity index (χ2n) is 3.90. The first kappa shape index (κ1) is 12.6. The lowest BCUT2D eigenvalue weighted by Crippen LogP contribution is -2.11. The molecule has 2 aromatic rings. The molecular formula is C13H14BrNOS. The summed E-state index contributed by atoms with van der Waals surface area (Å²) >= 11 is 5.06. The van der Waals surface area contributed by atoms with Crippen molar-refractivity contribution in [3.8, 4) is 0 Å². The molecule has 0 radical (unpaired) electrons. The monoisotopic (exact) mass is 311 g/mol. The second kappa shape index (κ2) is 5.67. The molecule has 1 unspecified atom stereocenters. The fraction of sp³-hybridized carbons (Fsp3) is 0.231. The van der Waals surface area contributed by atoms with E-state index >= 15 is 0 Å². The average Bonchev–Trinajstić information content (AvgIpc) is 2.83. The van der Waals surface area contributed by atoms with Gasteiger partial charge in [0.15, 0.2) is 0 Å². The molecule has 0 bridgehead atoms. The van der Waals surface area contributed by atoms with Gasteiger partial charge in [0, 0.05) is 21.6 Å². The van der Waals surface area contributed by atoms with Crippen LogP contribution in [0.15, 0.2) is 40.2 Å². The van der Waals surface area contributed by atoms with E-state index in [1.807, 2.05) is 36.6 Å². The summed E-state index contributed by atoms with van der Waals surface area (Å²) in [5.74, 6) is 0. The number of aryl methyl sites for hydroxylation is 1. The van der Waals surface area contributed by atoms with Crippen molar-refractivity contribution in [2.45, 2.75) is 13.0 Å². The maximum absolute atomic E-state index is 9.96. The fourth-order valence-electron chi connectivity index (χ4n) is 1.56. The van der Waals surface area contributed by atoms with Gasteiger partial charge in [-0.05, 0) is 52.0 Å². The minimum absolute atomic E-state index is 0.456. The quantitative estimate of drug-likeness (QED) is 0.895. The van der Waals surface area contributed by atoms with Crippen LogP contribution in [-0.2, 0) is 0 Å². The van der Waals surface area contributed by atoms with Gasteiger partial charge in [0.1, 0.15) is 6.10 Å². The molecule has 0 amide bonds. The Morgan fingerprint density at radius 2 is 2.24 bits per heavy atom. The third-order valence-corrected chi connectivity index (χ3v) is 4.14. The highest BCUT2D eigenvalue weighted by Crippen LogP contribution is 2.25. The summed E-state index contributed by atoms with van der Waals surface area (Å²) in [6.45, 7) is 2.57. The van der Waals surface area contributed by atoms with E-state index in [1.165, 1.54) is 5.56 Å². The zero-order valence-corrected chi connectivity index (χ0v) is 11.9. The van der Waals surface area contributed by atoms with Crippen molar-refractivity contribution in [2.24, 2.45) is 0 Å². The second-order valence-corrected chi connectivity index (χ2v) is 5.73. The Kier molecular flexibility index (Phi) is 4.20. The number of halogens is 1. The predicted molar refractivity (Wildman–Crippen MR) is 76.6 cm³/mol. The van der Waals surface area contributed by atoms with E-state index in [9.17, 15) is 5.11 Å². The summed E-state index contributed by atoms with van der Waals surface area (Å²) in [6, 6.07) is 10.0. The Morgan fingerprint density at radius 3 is 2.94 bits per heavy atom. The maximum atomic E-state index is 9.96. The molecule has 1 atom stereocenters. The molecule has 4 heteroatoms. The number of anilines is 1. The van der Waals surface area contributed by atoms with Crippen LogP contribution in [-0.4, -0.2) is 11.7 Å². The lowest BCUT2D eigenvalue weighted by Gasteiger charge is -2.13. The normalized spacial score (nSPS) is 12.4. The zero-order chi connectivity index (χ0) is 12.3. The van der Waals surface area contributed by atoms with Gasteiger partial charge < -0.3 is 10.4 Å². The number of hydrogen-bond acceptors (Lipinski definition) is 3. The molecule has 0 spiro atoms. The molecule has 0 aliphatic carbocycles. The maximum Gasteiger partial charge on any atom is 0.105 e. The van der Waals surface area contributed by atoms with E-state index in [-0.39, 0.29) is 0 Å². The van der Waals surface area contributed by atoms with Gasteiger partial charge in [-0.1, -0.05) is 12.1 Å². The molecule has 0 saturated heterocycles. The summed E-state index contributed by atoms with van der Waals surface area (Å²) in [5, 5.41) is 15.2. The van der Waals surface area contributed by atoms with Gasteiger partial charge in [0.25, 0.3) is 0 Å². The fourth-order valence-corrected chi connectivity index (χ4v) is 2.66. The molecule has 1 aromatic heterocycles. The molecule has 2 N–H and O–H groups in total. The van der Waals surface area contributed by atoms with Crippen molar-refractivity contribution in [1.29, 1.82) is 0 Å². The van der Waals surface area contributed by atoms with E-state index in [4.69, 9.17) is 0 Å². The van der Waals surface area contributed by atoms with Crippen LogP contribution >= 0.6 is 27.3 Å². The molecule has 1 heterocycles. The number of benzene rings is 1. The Hall–Kier alpha value is -0.840. The highest BCUT2D eigenvalue weighted by atomic mass is 79.9. The van der Waals surface area contributed by atoms with Crippen molar-refractivity contribution in [2.75, 3.05) is 11.9 Å². The smallest absolute Gasteiger partial charge is 0.105 e. The largest absolute Gasteiger partial charge is 0.386 e. The molecular weight excluding hydrogens is 298 g/mol. The van der Waals surface area contributed by atoms with Crippen LogP contribution in [0.4, 0.5) is 5.69 Å². The first-order chi connectivity index (χ1) is 8.16. The summed E-state index contributed by atoms with van der Waals surface area (Å²) in [7, 11) is 0. The van der Waals surface area contributed by atoms with Gasteiger partial charge in [0.2, 0.25) is 0 Å². The highest BCUT2D eigenvalue weighted by Gasteiger charge is 2.08. The number of rotatable bonds is 4. The minimum atomic E-state index is -0.456. The van der Waals surface area contributed by atoms with Gasteiger partial charge in [-0.3, -0.25) is 0 Å². The van der Waals surface area contributed by atoms with Crippen molar-refractivity contribution < 1.29 is 5.11 Å². The number of hydrogen-bond donors (Lipinski definition) is 2. The zero-order valence-electron chi connectivity index (χ0n) is 9.48. The van der Waals surface area contributed by atoms with Crippen molar-refractivity contribution in [1.82, 2.24) is 0 Å². The standard InChI is InChI=1S/C13H14BrNOS/c1-9-4-5-10(14)11(7-9)15-8-12(16)13-3-2-6-17-13/h2-7,12,15-16H,8H2,1H3. The first-order valence-corrected chi connectivity index (χ1v) is 7.05. The third kappa shape index (κ3) is 3.31. The highest BCUT2D eigenvalue weighted by molar-refractivity contribution is 9.10. The van der Waals surface area contributed by atoms with E-state index < -0.39 is 6.10 Å². The van der Waals surface area contributed by atoms with Crippen molar-refractivity contribution >= 4 is 33.0 Å². The van der Waals surface area contributed by atoms with Gasteiger partial charge in [-0.2, -0.15) is 0 Å². The summed E-state index contributed by atoms with van der Waals surface area (Å²) in [5.41, 5.74) is 2.21. The number of thiophene rings is 1. The van der Waals surface area contributed by atoms with Crippen LogP contribution in [0.3, 0.4) is 0 Å². The predicted octanol–water partition coefficient (Wildman–Crippen LogP) is 3.96. The summed E-state index contributed by atoms with van der Waals surface area (Å²) in [4.78, 5) is 0.987. The van der Waals surface area contributed by atoms with Crippen molar-refractivity contribution in [3.63, 3.8) is 0 Å². The van der Waals surface area contributed by atoms with Crippen LogP contribution < -0.4 is 5.32 Å². The van der Waals surface area contributed by atoms with Crippen LogP contribution in [0.5, 0.6) is 0 Å². The molecule has 1 aromatic carbocycles. The van der Waals surface area contributed by atoms with E-state index in [2.05, 4.69) is 27.3 Å². The Morgan fingerprint density at radius 1 is 1.41 bits per heavy atom. The van der Waals surface area contributed by atoms with Crippen LogP contribution in [0, 0.1) is 6.92 Å². The summed E-state index contributed by atoms with van der Waals surface area (Å²) in [6.07, 6.45) is -0.456. The number of nitrogens with one attached hydrogen (secondary N) is 1. The third-order valence-electron chi connectivity index (χ3n) is 2.48. The van der Waals surface area contributed by atoms with Gasteiger partial charge in [-0.15, -0.1) is 11.3 Å². The minimum Gasteiger partial charge on any atom is -0.386 e. The molecule has 0 aliphatic heterocycles. The van der Waals surface area contributed by atoms with Crippen LogP contribution in [0.2, 0.25) is 0 Å². The van der Waals surface area contributed by atoms with E-state index in [1.54, 1.807) is 11.3 Å². The molecule has 17 heavy (non-hydrogen) atoms.